The maximum atomic E-state index is 12.1. The molecule has 0 radical (unpaired) electrons. The number of hydrogen-bond donors (Lipinski definition) is 1. The summed E-state index contributed by atoms with van der Waals surface area (Å²) in [5, 5.41) is 6.34. The third-order valence-electron chi connectivity index (χ3n) is 5.10. The standard InChI is InChI=1S/C18H19Cl2N5O.C2H6/c1-23-8-10(7-22-23)11-5-13(19)17(20)18-16(11)12-9-25(15(26)6-21)4-3-14(12)24(18)2;1-2/h5,7-8H,3-4,6,9,21H2,1-2H3;1-2H3. The van der Waals surface area contributed by atoms with Gasteiger partial charge >= 0.3 is 0 Å². The Balaban J connectivity index is 0.00000109. The fourth-order valence-corrected chi connectivity index (χ4v) is 4.32. The minimum Gasteiger partial charge on any atom is -0.346 e. The highest BCUT2D eigenvalue weighted by Gasteiger charge is 2.28. The van der Waals surface area contributed by atoms with E-state index in [-0.39, 0.29) is 12.5 Å². The van der Waals surface area contributed by atoms with E-state index < -0.39 is 0 Å². The lowest BCUT2D eigenvalue weighted by Gasteiger charge is -2.27. The number of amides is 1. The van der Waals surface area contributed by atoms with Crippen LogP contribution in [0.25, 0.3) is 22.0 Å². The van der Waals surface area contributed by atoms with Gasteiger partial charge in [0.2, 0.25) is 5.91 Å². The Morgan fingerprint density at radius 2 is 2.00 bits per heavy atom. The molecule has 1 aliphatic heterocycles. The fraction of sp³-hybridized carbons (Fsp3) is 0.400. The van der Waals surface area contributed by atoms with Gasteiger partial charge in [-0.2, -0.15) is 5.10 Å². The summed E-state index contributed by atoms with van der Waals surface area (Å²) in [4.78, 5) is 13.9. The van der Waals surface area contributed by atoms with Gasteiger partial charge in [0.1, 0.15) is 0 Å². The van der Waals surface area contributed by atoms with Gasteiger partial charge in [-0.05, 0) is 11.6 Å². The first kappa shape index (κ1) is 20.7. The average molecular weight is 422 g/mol. The lowest BCUT2D eigenvalue weighted by Crippen LogP contribution is -2.39. The molecule has 0 bridgehead atoms. The predicted octanol–water partition coefficient (Wildman–Crippen LogP) is 3.76. The predicted molar refractivity (Wildman–Crippen MR) is 115 cm³/mol. The molecule has 8 heteroatoms. The van der Waals surface area contributed by atoms with Gasteiger partial charge in [0.25, 0.3) is 0 Å². The zero-order chi connectivity index (χ0) is 20.6. The maximum absolute atomic E-state index is 12.1. The topological polar surface area (TPSA) is 69.1 Å². The van der Waals surface area contributed by atoms with Crippen molar-refractivity contribution in [1.29, 1.82) is 0 Å². The molecule has 2 N–H and O–H groups in total. The smallest absolute Gasteiger partial charge is 0.236 e. The van der Waals surface area contributed by atoms with E-state index in [2.05, 4.69) is 9.67 Å². The second kappa shape index (κ2) is 8.15. The Morgan fingerprint density at radius 3 is 2.61 bits per heavy atom. The Labute approximate surface area is 174 Å². The van der Waals surface area contributed by atoms with Crippen molar-refractivity contribution in [3.8, 4) is 11.1 Å². The van der Waals surface area contributed by atoms with Crippen LogP contribution in [0.5, 0.6) is 0 Å². The molecule has 150 valence electrons. The van der Waals surface area contributed by atoms with E-state index >= 15 is 0 Å². The van der Waals surface area contributed by atoms with E-state index in [1.807, 2.05) is 46.4 Å². The summed E-state index contributed by atoms with van der Waals surface area (Å²) in [5.74, 6) is -0.0457. The number of halogens is 2. The second-order valence-electron chi connectivity index (χ2n) is 6.60. The molecular weight excluding hydrogens is 397 g/mol. The third-order valence-corrected chi connectivity index (χ3v) is 5.87. The molecule has 6 nitrogen and oxygen atoms in total. The van der Waals surface area contributed by atoms with Crippen molar-refractivity contribution in [2.75, 3.05) is 13.1 Å². The van der Waals surface area contributed by atoms with Crippen molar-refractivity contribution in [3.05, 3.63) is 39.8 Å². The van der Waals surface area contributed by atoms with Crippen LogP contribution >= 0.6 is 23.2 Å². The number of aryl methyl sites for hydroxylation is 2. The summed E-state index contributed by atoms with van der Waals surface area (Å²) in [5.41, 5.74) is 10.7. The molecule has 3 heterocycles. The van der Waals surface area contributed by atoms with Crippen LogP contribution in [0.3, 0.4) is 0 Å². The molecule has 4 rings (SSSR count). The quantitative estimate of drug-likeness (QED) is 0.684. The summed E-state index contributed by atoms with van der Waals surface area (Å²) in [6, 6.07) is 1.88. The lowest BCUT2D eigenvalue weighted by atomic mass is 9.97. The number of carbonyl (C=O) groups is 1. The van der Waals surface area contributed by atoms with Crippen LogP contribution in [-0.4, -0.2) is 38.2 Å². The van der Waals surface area contributed by atoms with E-state index in [9.17, 15) is 4.79 Å². The Bertz CT molecular complexity index is 1040. The Morgan fingerprint density at radius 1 is 1.29 bits per heavy atom. The van der Waals surface area contributed by atoms with Crippen molar-refractivity contribution in [2.24, 2.45) is 19.8 Å². The second-order valence-corrected chi connectivity index (χ2v) is 7.39. The molecule has 0 fully saturated rings. The summed E-state index contributed by atoms with van der Waals surface area (Å²) in [6.45, 7) is 5.19. The van der Waals surface area contributed by atoms with Crippen LogP contribution in [-0.2, 0) is 31.9 Å². The molecular formula is C20H25Cl2N5O. The van der Waals surface area contributed by atoms with Crippen LogP contribution in [0.1, 0.15) is 25.1 Å². The molecule has 0 saturated heterocycles. The fourth-order valence-electron chi connectivity index (χ4n) is 3.84. The molecule has 2 aromatic heterocycles. The first-order chi connectivity index (χ1) is 13.4. The lowest BCUT2D eigenvalue weighted by molar-refractivity contribution is -0.130. The number of benzene rings is 1. The van der Waals surface area contributed by atoms with Gasteiger partial charge in [-0.15, -0.1) is 0 Å². The summed E-state index contributed by atoms with van der Waals surface area (Å²) in [6.07, 6.45) is 4.51. The Kier molecular flexibility index (Phi) is 6.03. The minimum absolute atomic E-state index is 0.0160. The molecule has 1 aliphatic rings. The number of nitrogens with two attached hydrogens (primary N) is 1. The highest BCUT2D eigenvalue weighted by atomic mass is 35.5. The molecule has 0 aliphatic carbocycles. The number of fused-ring (bicyclic) bond motifs is 3. The molecule has 0 unspecified atom stereocenters. The molecule has 1 amide bonds. The molecule has 28 heavy (non-hydrogen) atoms. The van der Waals surface area contributed by atoms with Gasteiger partial charge in [0.05, 0.1) is 28.3 Å². The van der Waals surface area contributed by atoms with Crippen LogP contribution in [0, 0.1) is 0 Å². The Hall–Kier alpha value is -2.02. The normalized spacial score (nSPS) is 13.3. The molecule has 0 saturated carbocycles. The molecule has 3 aromatic rings. The van der Waals surface area contributed by atoms with Gasteiger partial charge in [0, 0.05) is 62.0 Å². The van der Waals surface area contributed by atoms with Crippen LogP contribution in [0.2, 0.25) is 10.0 Å². The van der Waals surface area contributed by atoms with Crippen LogP contribution in [0.15, 0.2) is 18.5 Å². The molecule has 1 aromatic carbocycles. The van der Waals surface area contributed by atoms with E-state index in [0.29, 0.717) is 23.1 Å². The van der Waals surface area contributed by atoms with Crippen molar-refractivity contribution >= 4 is 40.0 Å². The first-order valence-electron chi connectivity index (χ1n) is 9.37. The largest absolute Gasteiger partial charge is 0.346 e. The highest BCUT2D eigenvalue weighted by Crippen LogP contribution is 2.43. The van der Waals surface area contributed by atoms with Gasteiger partial charge in [-0.1, -0.05) is 37.0 Å². The number of nitrogens with zero attached hydrogens (tertiary/aromatic N) is 4. The summed E-state index contributed by atoms with van der Waals surface area (Å²) >= 11 is 13.0. The minimum atomic E-state index is -0.0457. The monoisotopic (exact) mass is 421 g/mol. The van der Waals surface area contributed by atoms with E-state index in [1.54, 1.807) is 9.58 Å². The van der Waals surface area contributed by atoms with Crippen molar-refractivity contribution in [2.45, 2.75) is 26.8 Å². The van der Waals surface area contributed by atoms with Gasteiger partial charge < -0.3 is 15.2 Å². The highest BCUT2D eigenvalue weighted by molar-refractivity contribution is 6.45. The number of hydrogen-bond acceptors (Lipinski definition) is 3. The van der Waals surface area contributed by atoms with Gasteiger partial charge in [0.15, 0.2) is 0 Å². The van der Waals surface area contributed by atoms with Crippen molar-refractivity contribution in [1.82, 2.24) is 19.2 Å². The third kappa shape index (κ3) is 3.30. The maximum Gasteiger partial charge on any atom is 0.236 e. The molecule has 0 spiro atoms. The summed E-state index contributed by atoms with van der Waals surface area (Å²) < 4.78 is 3.85. The zero-order valence-corrected chi connectivity index (χ0v) is 18.1. The number of aromatic nitrogens is 3. The van der Waals surface area contributed by atoms with Crippen LogP contribution < -0.4 is 5.73 Å². The van der Waals surface area contributed by atoms with E-state index in [0.717, 1.165) is 34.0 Å². The zero-order valence-electron chi connectivity index (χ0n) is 16.6. The average Bonchev–Trinajstić information content (AvgIpc) is 3.27. The SMILES string of the molecule is CC.Cn1cc(-c2cc(Cl)c(Cl)c3c2c2c(n3C)CCN(C(=O)CN)C2)cn1. The van der Waals surface area contributed by atoms with Crippen molar-refractivity contribution < 1.29 is 4.79 Å². The van der Waals surface area contributed by atoms with Gasteiger partial charge in [-0.25, -0.2) is 0 Å². The van der Waals surface area contributed by atoms with Crippen LogP contribution in [0.4, 0.5) is 0 Å². The number of rotatable bonds is 2. The van der Waals surface area contributed by atoms with Gasteiger partial charge in [-0.3, -0.25) is 9.48 Å². The molecule has 0 atom stereocenters. The first-order valence-corrected chi connectivity index (χ1v) is 10.1. The van der Waals surface area contributed by atoms with E-state index in [1.165, 1.54) is 5.69 Å². The summed E-state index contributed by atoms with van der Waals surface area (Å²) in [7, 11) is 3.87. The van der Waals surface area contributed by atoms with Crippen molar-refractivity contribution in [3.63, 3.8) is 0 Å². The van der Waals surface area contributed by atoms with E-state index in [4.69, 9.17) is 28.9 Å². The number of carbonyl (C=O) groups excluding carboxylic acids is 1.